The quantitative estimate of drug-likeness (QED) is 0.129. The molecular weight excluding hydrogens is 670 g/mol. The zero-order chi connectivity index (χ0) is 29.6. The molecule has 0 saturated heterocycles. The van der Waals surface area contributed by atoms with Gasteiger partial charge in [0.15, 0.2) is 0 Å². The molecule has 214 valence electrons. The van der Waals surface area contributed by atoms with E-state index in [0.717, 1.165) is 21.9 Å². The standard InChI is InChI=1S/C31H31Br2N3O4S/c1-20(2)15-29(36-41(38,39)25-13-11-21(3)12-14-25)31(37)35-34-18-22-16-27(32)30(28(33)17-22)40-19-24-9-6-8-23-7-4-5-10-26(23)24/h4-14,16-18,20,29,36H,15,19H2,1-3H3,(H,35,37)/b34-18-/t29-/m0/s1. The third kappa shape index (κ3) is 8.25. The second-order valence-electron chi connectivity index (χ2n) is 10.1. The Morgan fingerprint density at radius 2 is 1.63 bits per heavy atom. The number of carbonyl (C=O) groups is 1. The number of aryl methyl sites for hydroxylation is 1. The van der Waals surface area contributed by atoms with Gasteiger partial charge in [-0.3, -0.25) is 4.79 Å². The summed E-state index contributed by atoms with van der Waals surface area (Å²) in [7, 11) is -3.89. The maximum absolute atomic E-state index is 12.9. The van der Waals surface area contributed by atoms with E-state index in [9.17, 15) is 13.2 Å². The van der Waals surface area contributed by atoms with Gasteiger partial charge in [0.25, 0.3) is 5.91 Å². The van der Waals surface area contributed by atoms with E-state index < -0.39 is 22.0 Å². The minimum atomic E-state index is -3.89. The lowest BCUT2D eigenvalue weighted by atomic mass is 10.0. The minimum Gasteiger partial charge on any atom is -0.487 e. The van der Waals surface area contributed by atoms with E-state index >= 15 is 0 Å². The van der Waals surface area contributed by atoms with Crippen LogP contribution in [0.5, 0.6) is 5.75 Å². The van der Waals surface area contributed by atoms with Gasteiger partial charge in [0.2, 0.25) is 10.0 Å². The minimum absolute atomic E-state index is 0.0729. The number of halogens is 2. The van der Waals surface area contributed by atoms with Gasteiger partial charge in [-0.1, -0.05) is 74.0 Å². The average Bonchev–Trinajstić information content (AvgIpc) is 2.92. The predicted molar refractivity (Wildman–Crippen MR) is 171 cm³/mol. The van der Waals surface area contributed by atoms with Crippen molar-refractivity contribution in [3.05, 3.63) is 104 Å². The van der Waals surface area contributed by atoms with E-state index in [1.807, 2.05) is 57.2 Å². The highest BCUT2D eigenvalue weighted by Crippen LogP contribution is 2.35. The molecule has 0 radical (unpaired) electrons. The van der Waals surface area contributed by atoms with Crippen molar-refractivity contribution in [2.45, 2.75) is 44.7 Å². The first-order valence-electron chi connectivity index (χ1n) is 13.0. The third-order valence-electron chi connectivity index (χ3n) is 6.31. The summed E-state index contributed by atoms with van der Waals surface area (Å²) in [5.41, 5.74) is 5.19. The van der Waals surface area contributed by atoms with Crippen LogP contribution in [0.2, 0.25) is 0 Å². The van der Waals surface area contributed by atoms with Gasteiger partial charge in [-0.2, -0.15) is 9.82 Å². The number of hydrogen-bond acceptors (Lipinski definition) is 5. The molecule has 1 atom stereocenters. The summed E-state index contributed by atoms with van der Waals surface area (Å²) >= 11 is 7.14. The maximum atomic E-state index is 12.9. The Morgan fingerprint density at radius 3 is 2.32 bits per heavy atom. The largest absolute Gasteiger partial charge is 0.487 e. The molecule has 4 aromatic carbocycles. The molecule has 0 fully saturated rings. The number of nitrogens with one attached hydrogen (secondary N) is 2. The molecule has 2 N–H and O–H groups in total. The van der Waals surface area contributed by atoms with Crippen molar-refractivity contribution >= 4 is 64.8 Å². The lowest BCUT2D eigenvalue weighted by Gasteiger charge is -2.19. The molecule has 0 spiro atoms. The molecule has 0 bridgehead atoms. The molecule has 10 heteroatoms. The van der Waals surface area contributed by atoms with Crippen molar-refractivity contribution < 1.29 is 17.9 Å². The van der Waals surface area contributed by atoms with Gasteiger partial charge < -0.3 is 4.74 Å². The topological polar surface area (TPSA) is 96.9 Å². The van der Waals surface area contributed by atoms with Gasteiger partial charge in [-0.25, -0.2) is 13.8 Å². The summed E-state index contributed by atoms with van der Waals surface area (Å²) in [6.45, 7) is 6.10. The molecule has 0 unspecified atom stereocenters. The Hall–Kier alpha value is -3.05. The number of rotatable bonds is 11. The monoisotopic (exact) mass is 699 g/mol. The fraction of sp³-hybridized carbons (Fsp3) is 0.226. The Labute approximate surface area is 257 Å². The van der Waals surface area contributed by atoms with Gasteiger partial charge in [0, 0.05) is 0 Å². The molecule has 7 nitrogen and oxygen atoms in total. The van der Waals surface area contributed by atoms with Crippen molar-refractivity contribution in [3.8, 4) is 5.75 Å². The Kier molecular flexibility index (Phi) is 10.4. The van der Waals surface area contributed by atoms with Crippen LogP contribution in [0.15, 0.2) is 97.8 Å². The summed E-state index contributed by atoms with van der Waals surface area (Å²) in [6, 6.07) is 23.4. The van der Waals surface area contributed by atoms with Crippen LogP contribution < -0.4 is 14.9 Å². The fourth-order valence-electron chi connectivity index (χ4n) is 4.26. The molecule has 0 heterocycles. The van der Waals surface area contributed by atoms with E-state index in [1.54, 1.807) is 12.1 Å². The zero-order valence-corrected chi connectivity index (χ0v) is 26.9. The van der Waals surface area contributed by atoms with Crippen LogP contribution in [0.25, 0.3) is 10.8 Å². The van der Waals surface area contributed by atoms with Crippen molar-refractivity contribution in [1.29, 1.82) is 0 Å². The summed E-state index contributed by atoms with van der Waals surface area (Å²) in [5.74, 6) is 0.171. The van der Waals surface area contributed by atoms with Gasteiger partial charge in [0.05, 0.1) is 20.1 Å². The number of ether oxygens (including phenoxy) is 1. The molecule has 0 aliphatic carbocycles. The van der Waals surface area contributed by atoms with E-state index in [0.29, 0.717) is 33.3 Å². The highest BCUT2D eigenvalue weighted by atomic mass is 79.9. The number of nitrogens with zero attached hydrogens (tertiary/aromatic N) is 1. The zero-order valence-electron chi connectivity index (χ0n) is 22.9. The Morgan fingerprint density at radius 1 is 0.976 bits per heavy atom. The summed E-state index contributed by atoms with van der Waals surface area (Å²) in [4.78, 5) is 13.0. The van der Waals surface area contributed by atoms with Crippen LogP contribution in [0.4, 0.5) is 0 Å². The first-order valence-corrected chi connectivity index (χ1v) is 16.1. The van der Waals surface area contributed by atoms with Crippen molar-refractivity contribution in [3.63, 3.8) is 0 Å². The molecule has 0 aliphatic rings. The van der Waals surface area contributed by atoms with Crippen LogP contribution in [0.3, 0.4) is 0 Å². The molecule has 1 amide bonds. The first-order chi connectivity index (χ1) is 19.5. The van der Waals surface area contributed by atoms with E-state index in [-0.39, 0.29) is 10.8 Å². The van der Waals surface area contributed by atoms with Crippen LogP contribution in [0, 0.1) is 12.8 Å². The highest BCUT2D eigenvalue weighted by Gasteiger charge is 2.26. The van der Waals surface area contributed by atoms with E-state index in [4.69, 9.17) is 4.74 Å². The molecule has 4 aromatic rings. The number of sulfonamides is 1. The lowest BCUT2D eigenvalue weighted by molar-refractivity contribution is -0.123. The van der Waals surface area contributed by atoms with E-state index in [2.05, 4.69) is 65.3 Å². The SMILES string of the molecule is Cc1ccc(S(=O)(=O)N[C@@H](CC(C)C)C(=O)N/N=C\c2cc(Br)c(OCc3cccc4ccccc34)c(Br)c2)cc1. The van der Waals surface area contributed by atoms with Crippen LogP contribution in [0.1, 0.15) is 37.0 Å². The predicted octanol–water partition coefficient (Wildman–Crippen LogP) is 7.10. The van der Waals surface area contributed by atoms with Crippen molar-refractivity contribution in [2.75, 3.05) is 0 Å². The highest BCUT2D eigenvalue weighted by molar-refractivity contribution is 9.11. The van der Waals surface area contributed by atoms with Gasteiger partial charge in [-0.05, 0) is 97.3 Å². The van der Waals surface area contributed by atoms with Crippen LogP contribution in [-0.2, 0) is 21.4 Å². The molecular formula is C31H31Br2N3O4S. The molecule has 0 saturated carbocycles. The molecule has 4 rings (SSSR count). The summed E-state index contributed by atoms with van der Waals surface area (Å²) in [5, 5.41) is 6.37. The molecule has 41 heavy (non-hydrogen) atoms. The lowest BCUT2D eigenvalue weighted by Crippen LogP contribution is -2.46. The average molecular weight is 701 g/mol. The van der Waals surface area contributed by atoms with Gasteiger partial charge in [0.1, 0.15) is 18.4 Å². The number of carbonyl (C=O) groups excluding carboxylic acids is 1. The van der Waals surface area contributed by atoms with Gasteiger partial charge >= 0.3 is 0 Å². The van der Waals surface area contributed by atoms with Crippen LogP contribution in [-0.4, -0.2) is 26.6 Å². The normalized spacial score (nSPS) is 12.6. The summed E-state index contributed by atoms with van der Waals surface area (Å²) < 4.78 is 35.9. The Bertz CT molecular complexity index is 1640. The Balaban J connectivity index is 1.42. The number of benzene rings is 4. The number of fused-ring (bicyclic) bond motifs is 1. The first kappa shape index (κ1) is 30.9. The second-order valence-corrected chi connectivity index (χ2v) is 13.5. The van der Waals surface area contributed by atoms with Crippen molar-refractivity contribution in [2.24, 2.45) is 11.0 Å². The fourth-order valence-corrected chi connectivity index (χ4v) is 6.92. The maximum Gasteiger partial charge on any atom is 0.258 e. The van der Waals surface area contributed by atoms with Crippen molar-refractivity contribution in [1.82, 2.24) is 10.1 Å². The van der Waals surface area contributed by atoms with Crippen LogP contribution >= 0.6 is 31.9 Å². The summed E-state index contributed by atoms with van der Waals surface area (Å²) in [6.07, 6.45) is 1.80. The third-order valence-corrected chi connectivity index (χ3v) is 8.98. The number of hydrogen-bond donors (Lipinski definition) is 2. The second kappa shape index (κ2) is 13.7. The van der Waals surface area contributed by atoms with Gasteiger partial charge in [-0.15, -0.1) is 0 Å². The number of hydrazone groups is 1. The number of amides is 1. The smallest absolute Gasteiger partial charge is 0.258 e. The van der Waals surface area contributed by atoms with E-state index in [1.165, 1.54) is 18.3 Å². The molecule has 0 aliphatic heterocycles. The molecule has 0 aromatic heterocycles.